The van der Waals surface area contributed by atoms with Gasteiger partial charge in [0.25, 0.3) is 0 Å². The van der Waals surface area contributed by atoms with Gasteiger partial charge < -0.3 is 5.11 Å². The summed E-state index contributed by atoms with van der Waals surface area (Å²) in [5.74, 6) is 4.32. The fourth-order valence-corrected chi connectivity index (χ4v) is 8.26. The van der Waals surface area contributed by atoms with E-state index in [1.165, 1.54) is 44.9 Å². The van der Waals surface area contributed by atoms with Gasteiger partial charge in [0.1, 0.15) is 0 Å². The average Bonchev–Trinajstić information content (AvgIpc) is 2.94. The second-order valence-corrected chi connectivity index (χ2v) is 10.0. The van der Waals surface area contributed by atoms with Crippen LogP contribution >= 0.6 is 0 Å². The molecule has 4 fully saturated rings. The summed E-state index contributed by atoms with van der Waals surface area (Å²) in [6.07, 6.45) is 16.4. The highest BCUT2D eigenvalue weighted by molar-refractivity contribution is 5.91. The zero-order valence-corrected chi connectivity index (χ0v) is 15.0. The number of hydrogen-bond donors (Lipinski definition) is 1. The van der Waals surface area contributed by atoms with Crippen molar-refractivity contribution < 1.29 is 9.90 Å². The molecule has 0 saturated heterocycles. The summed E-state index contributed by atoms with van der Waals surface area (Å²) in [5.41, 5.74) is 0.836. The van der Waals surface area contributed by atoms with E-state index in [9.17, 15) is 9.90 Å². The lowest BCUT2D eigenvalue weighted by molar-refractivity contribution is -0.127. The van der Waals surface area contributed by atoms with Crippen molar-refractivity contribution in [2.75, 3.05) is 0 Å². The first kappa shape index (κ1) is 15.6. The van der Waals surface area contributed by atoms with Crippen molar-refractivity contribution in [3.8, 4) is 0 Å². The fourth-order valence-electron chi connectivity index (χ4n) is 8.26. The molecule has 8 atom stereocenters. The molecule has 1 N–H and O–H groups in total. The molecule has 0 bridgehead atoms. The quantitative estimate of drug-likeness (QED) is 0.710. The van der Waals surface area contributed by atoms with Crippen LogP contribution in [-0.2, 0) is 4.79 Å². The zero-order chi connectivity index (χ0) is 16.5. The average molecular weight is 328 g/mol. The van der Waals surface area contributed by atoms with Crippen molar-refractivity contribution in [1.82, 2.24) is 0 Å². The molecule has 1 spiro atoms. The Morgan fingerprint density at radius 2 is 1.83 bits per heavy atom. The Balaban J connectivity index is 1.47. The SMILES string of the molecule is C[C@]12CC[C@@H](O)C[C@H]1CC[C@H]1[C@@H]3CC[C@@H]4CC(=O)C=CC43CC[C@@H]12. The number of ketones is 1. The van der Waals surface area contributed by atoms with E-state index < -0.39 is 0 Å². The van der Waals surface area contributed by atoms with Gasteiger partial charge in [-0.3, -0.25) is 4.79 Å². The highest BCUT2D eigenvalue weighted by Crippen LogP contribution is 2.68. The first-order valence-electron chi connectivity index (χ1n) is 10.4. The Morgan fingerprint density at radius 1 is 1.00 bits per heavy atom. The monoisotopic (exact) mass is 328 g/mol. The number of rotatable bonds is 0. The van der Waals surface area contributed by atoms with E-state index in [4.69, 9.17) is 0 Å². The highest BCUT2D eigenvalue weighted by atomic mass is 16.3. The van der Waals surface area contributed by atoms with Crippen molar-refractivity contribution in [2.24, 2.45) is 40.4 Å². The molecular formula is C22H32O2. The molecule has 0 aromatic carbocycles. The minimum atomic E-state index is -0.0438. The van der Waals surface area contributed by atoms with Gasteiger partial charge in [0, 0.05) is 6.42 Å². The molecule has 0 heterocycles. The summed E-state index contributed by atoms with van der Waals surface area (Å²) in [4.78, 5) is 11.9. The predicted molar refractivity (Wildman–Crippen MR) is 94.3 cm³/mol. The third kappa shape index (κ3) is 1.95. The van der Waals surface area contributed by atoms with Gasteiger partial charge in [-0.25, -0.2) is 0 Å². The Morgan fingerprint density at radius 3 is 2.71 bits per heavy atom. The minimum absolute atomic E-state index is 0.0438. The lowest BCUT2D eigenvalue weighted by Gasteiger charge is -2.61. The number of allylic oxidation sites excluding steroid dienone is 2. The van der Waals surface area contributed by atoms with Gasteiger partial charge in [0.05, 0.1) is 6.10 Å². The summed E-state index contributed by atoms with van der Waals surface area (Å²) in [7, 11) is 0. The van der Waals surface area contributed by atoms with Crippen molar-refractivity contribution in [3.63, 3.8) is 0 Å². The summed E-state index contributed by atoms with van der Waals surface area (Å²) in [5, 5.41) is 10.1. The molecule has 4 saturated carbocycles. The molecule has 2 nitrogen and oxygen atoms in total. The maximum Gasteiger partial charge on any atom is 0.155 e. The lowest BCUT2D eigenvalue weighted by atomic mass is 9.44. The molecule has 24 heavy (non-hydrogen) atoms. The summed E-state index contributed by atoms with van der Waals surface area (Å²) in [6.45, 7) is 2.56. The summed E-state index contributed by atoms with van der Waals surface area (Å²) >= 11 is 0. The fraction of sp³-hybridized carbons (Fsp3) is 0.864. The van der Waals surface area contributed by atoms with Crippen LogP contribution in [-0.4, -0.2) is 17.0 Å². The number of hydrogen-bond acceptors (Lipinski definition) is 2. The maximum absolute atomic E-state index is 11.9. The number of fused-ring (bicyclic) bond motifs is 4. The number of aliphatic hydroxyl groups is 1. The topological polar surface area (TPSA) is 37.3 Å². The van der Waals surface area contributed by atoms with E-state index in [0.717, 1.165) is 42.9 Å². The summed E-state index contributed by atoms with van der Waals surface area (Å²) in [6, 6.07) is 0. The highest BCUT2D eigenvalue weighted by Gasteiger charge is 2.61. The van der Waals surface area contributed by atoms with Crippen molar-refractivity contribution in [1.29, 1.82) is 0 Å². The van der Waals surface area contributed by atoms with Crippen LogP contribution in [0.1, 0.15) is 71.1 Å². The van der Waals surface area contributed by atoms with Crippen molar-refractivity contribution in [2.45, 2.75) is 77.2 Å². The van der Waals surface area contributed by atoms with Crippen molar-refractivity contribution in [3.05, 3.63) is 12.2 Å². The first-order valence-corrected chi connectivity index (χ1v) is 10.4. The zero-order valence-electron chi connectivity index (χ0n) is 15.0. The Labute approximate surface area is 146 Å². The molecule has 1 unspecified atom stereocenters. The molecule has 0 aromatic heterocycles. The van der Waals surface area contributed by atoms with E-state index in [1.54, 1.807) is 0 Å². The van der Waals surface area contributed by atoms with E-state index in [1.807, 2.05) is 6.08 Å². The van der Waals surface area contributed by atoms with Crippen LogP contribution in [0, 0.1) is 40.4 Å². The van der Waals surface area contributed by atoms with Crippen LogP contribution in [0.4, 0.5) is 0 Å². The molecule has 0 aromatic rings. The summed E-state index contributed by atoms with van der Waals surface area (Å²) < 4.78 is 0. The Hall–Kier alpha value is -0.630. The number of carbonyl (C=O) groups is 1. The van der Waals surface area contributed by atoms with E-state index in [2.05, 4.69) is 13.0 Å². The lowest BCUT2D eigenvalue weighted by Crippen LogP contribution is -2.54. The Bertz CT molecular complexity index is 581. The van der Waals surface area contributed by atoms with Crippen LogP contribution in [0.5, 0.6) is 0 Å². The number of aliphatic hydroxyl groups excluding tert-OH is 1. The third-order valence-corrected chi connectivity index (χ3v) is 9.43. The second-order valence-electron chi connectivity index (χ2n) is 10.0. The molecule has 2 heteroatoms. The van der Waals surface area contributed by atoms with Gasteiger partial charge in [-0.1, -0.05) is 13.0 Å². The first-order chi connectivity index (χ1) is 11.5. The maximum atomic E-state index is 11.9. The van der Waals surface area contributed by atoms with Gasteiger partial charge in [-0.2, -0.15) is 0 Å². The van der Waals surface area contributed by atoms with Crippen LogP contribution in [0.2, 0.25) is 0 Å². The molecule has 5 aliphatic carbocycles. The van der Waals surface area contributed by atoms with Crippen LogP contribution in [0.25, 0.3) is 0 Å². The Kier molecular flexibility index (Phi) is 3.38. The van der Waals surface area contributed by atoms with E-state index in [-0.39, 0.29) is 6.10 Å². The van der Waals surface area contributed by atoms with Gasteiger partial charge in [-0.05, 0) is 104 Å². The number of carbonyl (C=O) groups excluding carboxylic acids is 1. The van der Waals surface area contributed by atoms with E-state index in [0.29, 0.717) is 22.5 Å². The van der Waals surface area contributed by atoms with Crippen LogP contribution in [0.3, 0.4) is 0 Å². The molecule has 0 amide bonds. The molecular weight excluding hydrogens is 296 g/mol. The smallest absolute Gasteiger partial charge is 0.155 e. The third-order valence-electron chi connectivity index (χ3n) is 9.43. The molecule has 0 aliphatic heterocycles. The molecule has 0 radical (unpaired) electrons. The van der Waals surface area contributed by atoms with Gasteiger partial charge in [0.15, 0.2) is 5.78 Å². The second kappa shape index (κ2) is 5.19. The van der Waals surface area contributed by atoms with Gasteiger partial charge in [-0.15, -0.1) is 0 Å². The van der Waals surface area contributed by atoms with E-state index >= 15 is 0 Å². The standard InChI is InChI=1S/C22H32O2/c1-21-9-6-16(23)12-14(21)2-4-18-19(21)8-11-22-10-7-17(24)13-15(22)3-5-20(18)22/h7,10,14-16,18-20,23H,2-6,8-9,11-13H2,1H3/t14-,15-,16-,18-,19+,20+,21+,22?/m1/s1. The predicted octanol–water partition coefficient (Wildman–Crippen LogP) is 4.52. The van der Waals surface area contributed by atoms with Gasteiger partial charge in [0.2, 0.25) is 0 Å². The van der Waals surface area contributed by atoms with Crippen LogP contribution in [0.15, 0.2) is 12.2 Å². The molecule has 132 valence electrons. The largest absolute Gasteiger partial charge is 0.393 e. The van der Waals surface area contributed by atoms with Crippen LogP contribution < -0.4 is 0 Å². The van der Waals surface area contributed by atoms with Crippen molar-refractivity contribution >= 4 is 5.78 Å². The normalized spacial score (nSPS) is 56.2. The minimum Gasteiger partial charge on any atom is -0.393 e. The molecule has 5 aliphatic rings. The van der Waals surface area contributed by atoms with Gasteiger partial charge >= 0.3 is 0 Å². The molecule has 5 rings (SSSR count).